The van der Waals surface area contributed by atoms with Crippen molar-refractivity contribution in [1.82, 2.24) is 14.9 Å². The standard InChI is InChI=1S/C9H16N4O3S2/c10-8-12-13-9(17-8)18(14,15)11-5-4-7-3-1-2-6-16-7/h7,11H,1-6H2,(H2,10,12). The van der Waals surface area contributed by atoms with E-state index in [0.717, 1.165) is 37.2 Å². The van der Waals surface area contributed by atoms with Crippen LogP contribution in [0.4, 0.5) is 5.13 Å². The van der Waals surface area contributed by atoms with Crippen LogP contribution >= 0.6 is 11.3 Å². The van der Waals surface area contributed by atoms with Gasteiger partial charge in [0.25, 0.3) is 10.0 Å². The minimum absolute atomic E-state index is 0.0930. The number of nitrogens with zero attached hydrogens (tertiary/aromatic N) is 2. The number of hydrogen-bond donors (Lipinski definition) is 2. The fraction of sp³-hybridized carbons (Fsp3) is 0.778. The highest BCUT2D eigenvalue weighted by molar-refractivity contribution is 7.91. The van der Waals surface area contributed by atoms with Crippen LogP contribution in [0.2, 0.25) is 0 Å². The molecule has 18 heavy (non-hydrogen) atoms. The molecule has 0 radical (unpaired) electrons. The quantitative estimate of drug-likeness (QED) is 0.811. The van der Waals surface area contributed by atoms with E-state index in [1.165, 1.54) is 0 Å². The summed E-state index contributed by atoms with van der Waals surface area (Å²) in [4.78, 5) is 0. The van der Waals surface area contributed by atoms with Gasteiger partial charge >= 0.3 is 0 Å². The second kappa shape index (κ2) is 5.91. The predicted molar refractivity (Wildman–Crippen MR) is 67.7 cm³/mol. The van der Waals surface area contributed by atoms with Crippen molar-refractivity contribution in [2.75, 3.05) is 18.9 Å². The first-order valence-electron chi connectivity index (χ1n) is 5.78. The van der Waals surface area contributed by atoms with Gasteiger partial charge in [-0.2, -0.15) is 0 Å². The van der Waals surface area contributed by atoms with E-state index in [9.17, 15) is 8.42 Å². The van der Waals surface area contributed by atoms with Crippen molar-refractivity contribution in [1.29, 1.82) is 0 Å². The monoisotopic (exact) mass is 292 g/mol. The lowest BCUT2D eigenvalue weighted by molar-refractivity contribution is 0.0123. The van der Waals surface area contributed by atoms with Crippen LogP contribution in [0.3, 0.4) is 0 Å². The molecule has 1 aliphatic heterocycles. The fourth-order valence-corrected chi connectivity index (χ4v) is 3.65. The normalized spacial score (nSPS) is 21.0. The van der Waals surface area contributed by atoms with Crippen LogP contribution in [0.15, 0.2) is 4.34 Å². The van der Waals surface area contributed by atoms with Crippen molar-refractivity contribution >= 4 is 26.5 Å². The Balaban J connectivity index is 1.82. The van der Waals surface area contributed by atoms with E-state index in [4.69, 9.17) is 10.5 Å². The Morgan fingerprint density at radius 3 is 2.89 bits per heavy atom. The predicted octanol–water partition coefficient (Wildman–Crippen LogP) is 0.358. The van der Waals surface area contributed by atoms with E-state index >= 15 is 0 Å². The third-order valence-corrected chi connectivity index (χ3v) is 5.27. The maximum atomic E-state index is 11.8. The maximum absolute atomic E-state index is 11.8. The molecular weight excluding hydrogens is 276 g/mol. The molecule has 2 rings (SSSR count). The molecule has 7 nitrogen and oxygen atoms in total. The molecule has 1 fully saturated rings. The van der Waals surface area contributed by atoms with Gasteiger partial charge in [0.15, 0.2) is 0 Å². The minimum atomic E-state index is -3.58. The Bertz CT molecular complexity index is 482. The zero-order valence-corrected chi connectivity index (χ0v) is 11.5. The highest BCUT2D eigenvalue weighted by Crippen LogP contribution is 2.18. The molecule has 1 atom stereocenters. The van der Waals surface area contributed by atoms with E-state index < -0.39 is 10.0 Å². The van der Waals surface area contributed by atoms with Crippen molar-refractivity contribution in [3.05, 3.63) is 0 Å². The second-order valence-electron chi connectivity index (χ2n) is 4.08. The van der Waals surface area contributed by atoms with Crippen molar-refractivity contribution < 1.29 is 13.2 Å². The lowest BCUT2D eigenvalue weighted by Gasteiger charge is -2.22. The molecule has 1 aromatic heterocycles. The molecule has 3 N–H and O–H groups in total. The van der Waals surface area contributed by atoms with E-state index in [-0.39, 0.29) is 15.6 Å². The Morgan fingerprint density at radius 1 is 1.44 bits per heavy atom. The van der Waals surface area contributed by atoms with Gasteiger partial charge in [-0.3, -0.25) is 0 Å². The van der Waals surface area contributed by atoms with Crippen molar-refractivity contribution in [2.45, 2.75) is 36.1 Å². The summed E-state index contributed by atoms with van der Waals surface area (Å²) in [6, 6.07) is 0. The fourth-order valence-electron chi connectivity index (χ4n) is 1.78. The molecule has 1 aliphatic rings. The topological polar surface area (TPSA) is 107 Å². The SMILES string of the molecule is Nc1nnc(S(=O)(=O)NCCC2CCCCO2)s1. The van der Waals surface area contributed by atoms with Gasteiger partial charge in [-0.15, -0.1) is 10.2 Å². The van der Waals surface area contributed by atoms with Crippen LogP contribution in [-0.2, 0) is 14.8 Å². The maximum Gasteiger partial charge on any atom is 0.269 e. The molecule has 0 amide bonds. The summed E-state index contributed by atoms with van der Waals surface area (Å²) in [7, 11) is -3.58. The number of anilines is 1. The summed E-state index contributed by atoms with van der Waals surface area (Å²) >= 11 is 0.855. The Labute approximate surface area is 110 Å². The van der Waals surface area contributed by atoms with Gasteiger partial charge in [0, 0.05) is 13.2 Å². The van der Waals surface area contributed by atoms with Gasteiger partial charge in [-0.25, -0.2) is 13.1 Å². The van der Waals surface area contributed by atoms with Gasteiger partial charge in [0.2, 0.25) is 9.47 Å². The molecule has 1 saturated heterocycles. The van der Waals surface area contributed by atoms with Crippen LogP contribution < -0.4 is 10.5 Å². The molecule has 0 spiro atoms. The summed E-state index contributed by atoms with van der Waals surface area (Å²) < 4.78 is 31.5. The largest absolute Gasteiger partial charge is 0.378 e. The average molecular weight is 292 g/mol. The number of nitrogen functional groups attached to an aromatic ring is 1. The van der Waals surface area contributed by atoms with Gasteiger partial charge in [-0.05, 0) is 25.7 Å². The molecule has 0 aromatic carbocycles. The average Bonchev–Trinajstić information content (AvgIpc) is 2.78. The Hall–Kier alpha value is -0.770. The molecule has 0 aliphatic carbocycles. The lowest BCUT2D eigenvalue weighted by Crippen LogP contribution is -2.29. The number of ether oxygens (including phenoxy) is 1. The first-order valence-corrected chi connectivity index (χ1v) is 8.08. The highest BCUT2D eigenvalue weighted by Gasteiger charge is 2.20. The van der Waals surface area contributed by atoms with Crippen LogP contribution in [0.5, 0.6) is 0 Å². The zero-order valence-electron chi connectivity index (χ0n) is 9.83. The molecule has 2 heterocycles. The zero-order chi connectivity index (χ0) is 13.0. The van der Waals surface area contributed by atoms with Crippen molar-refractivity contribution in [3.8, 4) is 0 Å². The lowest BCUT2D eigenvalue weighted by atomic mass is 10.1. The first kappa shape index (κ1) is 13.7. The number of hydrogen-bond acceptors (Lipinski definition) is 7. The Kier molecular flexibility index (Phi) is 4.49. The van der Waals surface area contributed by atoms with Gasteiger partial charge in [-0.1, -0.05) is 11.3 Å². The molecule has 0 saturated carbocycles. The Morgan fingerprint density at radius 2 is 2.28 bits per heavy atom. The van der Waals surface area contributed by atoms with E-state index in [2.05, 4.69) is 14.9 Å². The molecule has 102 valence electrons. The van der Waals surface area contributed by atoms with Crippen molar-refractivity contribution in [3.63, 3.8) is 0 Å². The summed E-state index contributed by atoms with van der Waals surface area (Å²) in [5.41, 5.74) is 5.35. The van der Waals surface area contributed by atoms with Gasteiger partial charge in [0.05, 0.1) is 6.10 Å². The molecule has 1 aromatic rings. The summed E-state index contributed by atoms with van der Waals surface area (Å²) in [6.45, 7) is 1.11. The summed E-state index contributed by atoms with van der Waals surface area (Å²) in [6.07, 6.45) is 4.05. The molecule has 1 unspecified atom stereocenters. The number of nitrogens with two attached hydrogens (primary N) is 1. The third kappa shape index (κ3) is 3.61. The number of sulfonamides is 1. The van der Waals surface area contributed by atoms with Gasteiger partial charge < -0.3 is 10.5 Å². The van der Waals surface area contributed by atoms with Crippen LogP contribution in [-0.4, -0.2) is 37.9 Å². The van der Waals surface area contributed by atoms with E-state index in [1.54, 1.807) is 0 Å². The summed E-state index contributed by atoms with van der Waals surface area (Å²) in [5.74, 6) is 0. The first-order chi connectivity index (χ1) is 8.58. The minimum Gasteiger partial charge on any atom is -0.378 e. The van der Waals surface area contributed by atoms with Crippen LogP contribution in [0.25, 0.3) is 0 Å². The van der Waals surface area contributed by atoms with E-state index in [0.29, 0.717) is 13.0 Å². The number of nitrogens with one attached hydrogen (secondary N) is 1. The van der Waals surface area contributed by atoms with Crippen molar-refractivity contribution in [2.24, 2.45) is 0 Å². The molecule has 0 bridgehead atoms. The highest BCUT2D eigenvalue weighted by atomic mass is 32.2. The second-order valence-corrected chi connectivity index (χ2v) is 7.03. The smallest absolute Gasteiger partial charge is 0.269 e. The summed E-state index contributed by atoms with van der Waals surface area (Å²) in [5, 5.41) is 7.14. The van der Waals surface area contributed by atoms with Crippen LogP contribution in [0, 0.1) is 0 Å². The molecular formula is C9H16N4O3S2. The van der Waals surface area contributed by atoms with Crippen LogP contribution in [0.1, 0.15) is 25.7 Å². The number of rotatable bonds is 5. The molecule has 9 heteroatoms. The van der Waals surface area contributed by atoms with Gasteiger partial charge in [0.1, 0.15) is 0 Å². The van der Waals surface area contributed by atoms with E-state index in [1.807, 2.05) is 0 Å². The third-order valence-electron chi connectivity index (χ3n) is 2.68. The number of aromatic nitrogens is 2.